The zero-order valence-corrected chi connectivity index (χ0v) is 15.2. The molecule has 8 heteroatoms. The normalized spacial score (nSPS) is 14.3. The molecule has 2 aromatic rings. The highest BCUT2D eigenvalue weighted by atomic mass is 35.5. The number of nitrogens with one attached hydrogen (secondary N) is 1. The highest BCUT2D eigenvalue weighted by Crippen LogP contribution is 2.23. The van der Waals surface area contributed by atoms with Gasteiger partial charge < -0.3 is 10.2 Å². The minimum Gasteiger partial charge on any atom is -0.343 e. The fraction of sp³-hybridized carbons (Fsp3) is 0.353. The lowest BCUT2D eigenvalue weighted by molar-refractivity contribution is -0.136. The molecule has 1 aromatic heterocycles. The summed E-state index contributed by atoms with van der Waals surface area (Å²) in [6.45, 7) is 1.38. The van der Waals surface area contributed by atoms with Gasteiger partial charge in [0.25, 0.3) is 5.91 Å². The number of nitrogens with zero attached hydrogens (tertiary/aromatic N) is 3. The lowest BCUT2D eigenvalue weighted by Crippen LogP contribution is -2.53. The third-order valence-electron chi connectivity index (χ3n) is 4.17. The van der Waals surface area contributed by atoms with E-state index in [1.54, 1.807) is 21.7 Å². The summed E-state index contributed by atoms with van der Waals surface area (Å²) in [6.07, 6.45) is 4.75. The third kappa shape index (κ3) is 4.32. The summed E-state index contributed by atoms with van der Waals surface area (Å²) >= 11 is 11.7. The number of carbonyl (C=O) groups is 2. The molecule has 1 aromatic carbocycles. The van der Waals surface area contributed by atoms with Crippen LogP contribution in [0.5, 0.6) is 0 Å². The number of carbonyl (C=O) groups excluding carboxylic acids is 2. The van der Waals surface area contributed by atoms with E-state index < -0.39 is 0 Å². The Balaban J connectivity index is 1.42. The average Bonchev–Trinajstić information content (AvgIpc) is 2.95. The number of halogens is 2. The summed E-state index contributed by atoms with van der Waals surface area (Å²) in [5.41, 5.74) is 1.55. The van der Waals surface area contributed by atoms with Crippen LogP contribution in [-0.4, -0.2) is 46.1 Å². The van der Waals surface area contributed by atoms with Gasteiger partial charge in [0.15, 0.2) is 0 Å². The van der Waals surface area contributed by atoms with Gasteiger partial charge in [-0.1, -0.05) is 23.2 Å². The van der Waals surface area contributed by atoms with Gasteiger partial charge in [-0.05, 0) is 36.1 Å². The van der Waals surface area contributed by atoms with Crippen molar-refractivity contribution >= 4 is 35.0 Å². The van der Waals surface area contributed by atoms with Crippen LogP contribution in [0.1, 0.15) is 15.9 Å². The smallest absolute Gasteiger partial charge is 0.251 e. The molecule has 25 heavy (non-hydrogen) atoms. The van der Waals surface area contributed by atoms with Crippen molar-refractivity contribution in [1.29, 1.82) is 0 Å². The summed E-state index contributed by atoms with van der Waals surface area (Å²) in [7, 11) is 1.89. The van der Waals surface area contributed by atoms with Crippen LogP contribution in [0.15, 0.2) is 30.6 Å². The van der Waals surface area contributed by atoms with Crippen molar-refractivity contribution in [2.45, 2.75) is 6.42 Å². The van der Waals surface area contributed by atoms with Crippen LogP contribution in [0.2, 0.25) is 10.0 Å². The Kier molecular flexibility index (Phi) is 5.30. The average molecular weight is 381 g/mol. The zero-order valence-electron chi connectivity index (χ0n) is 13.7. The maximum atomic E-state index is 12.1. The zero-order chi connectivity index (χ0) is 18.0. The molecule has 2 heterocycles. The first kappa shape index (κ1) is 17.8. The molecule has 3 rings (SSSR count). The molecule has 0 spiro atoms. The Morgan fingerprint density at radius 2 is 2.04 bits per heavy atom. The van der Waals surface area contributed by atoms with Crippen LogP contribution in [0.4, 0.5) is 0 Å². The van der Waals surface area contributed by atoms with Gasteiger partial charge in [0, 0.05) is 31.9 Å². The number of hydrogen-bond donors (Lipinski definition) is 1. The van der Waals surface area contributed by atoms with E-state index in [1.165, 1.54) is 11.6 Å². The van der Waals surface area contributed by atoms with Crippen LogP contribution < -0.4 is 5.32 Å². The first-order valence-corrected chi connectivity index (χ1v) is 8.66. The molecule has 1 saturated heterocycles. The number of likely N-dealkylation sites (tertiary alicyclic amines) is 1. The monoisotopic (exact) mass is 380 g/mol. The predicted molar refractivity (Wildman–Crippen MR) is 95.8 cm³/mol. The lowest BCUT2D eigenvalue weighted by atomic mass is 9.93. The van der Waals surface area contributed by atoms with Crippen molar-refractivity contribution in [1.82, 2.24) is 20.0 Å². The van der Waals surface area contributed by atoms with Gasteiger partial charge in [-0.3, -0.25) is 14.3 Å². The molecule has 1 aliphatic heterocycles. The largest absolute Gasteiger partial charge is 0.343 e. The van der Waals surface area contributed by atoms with Crippen molar-refractivity contribution in [3.05, 3.63) is 51.8 Å². The van der Waals surface area contributed by atoms with E-state index in [0.717, 1.165) is 6.42 Å². The maximum absolute atomic E-state index is 12.1. The second-order valence-corrected chi connectivity index (χ2v) is 7.02. The molecule has 1 aliphatic rings. The molecule has 1 N–H and O–H groups in total. The van der Waals surface area contributed by atoms with Gasteiger partial charge in [-0.25, -0.2) is 0 Å². The molecule has 0 bridgehead atoms. The molecule has 1 fully saturated rings. The third-order valence-corrected chi connectivity index (χ3v) is 4.91. The topological polar surface area (TPSA) is 67.2 Å². The van der Waals surface area contributed by atoms with Crippen molar-refractivity contribution in [2.75, 3.05) is 19.6 Å². The Morgan fingerprint density at radius 3 is 2.68 bits per heavy atom. The SMILES string of the molecule is Cn1cc(CC2CN(C(=O)CNC(=O)c3ccc(Cl)c(Cl)c3)C2)cn1. The van der Waals surface area contributed by atoms with Crippen molar-refractivity contribution < 1.29 is 9.59 Å². The van der Waals surface area contributed by atoms with E-state index in [1.807, 2.05) is 19.4 Å². The van der Waals surface area contributed by atoms with E-state index >= 15 is 0 Å². The van der Waals surface area contributed by atoms with Crippen LogP contribution >= 0.6 is 23.2 Å². The van der Waals surface area contributed by atoms with Gasteiger partial charge in [0.2, 0.25) is 5.91 Å². The van der Waals surface area contributed by atoms with Gasteiger partial charge >= 0.3 is 0 Å². The van der Waals surface area contributed by atoms with Crippen LogP contribution in [0, 0.1) is 5.92 Å². The molecule has 0 saturated carbocycles. The van der Waals surface area contributed by atoms with E-state index in [9.17, 15) is 9.59 Å². The van der Waals surface area contributed by atoms with Crippen molar-refractivity contribution in [2.24, 2.45) is 13.0 Å². The molecular weight excluding hydrogens is 363 g/mol. The van der Waals surface area contributed by atoms with Crippen LogP contribution in [-0.2, 0) is 18.3 Å². The Labute approximate surface area is 155 Å². The van der Waals surface area contributed by atoms with Gasteiger partial charge in [0.1, 0.15) is 0 Å². The number of benzene rings is 1. The maximum Gasteiger partial charge on any atom is 0.251 e. The van der Waals surface area contributed by atoms with Crippen molar-refractivity contribution in [3.8, 4) is 0 Å². The van der Waals surface area contributed by atoms with Gasteiger partial charge in [-0.2, -0.15) is 5.10 Å². The summed E-state index contributed by atoms with van der Waals surface area (Å²) in [6, 6.07) is 4.61. The summed E-state index contributed by atoms with van der Waals surface area (Å²) < 4.78 is 1.77. The van der Waals surface area contributed by atoms with E-state index in [0.29, 0.717) is 34.6 Å². The molecule has 0 unspecified atom stereocenters. The minimum absolute atomic E-state index is 0.0291. The Bertz CT molecular complexity index is 800. The molecule has 0 radical (unpaired) electrons. The summed E-state index contributed by atoms with van der Waals surface area (Å²) in [5, 5.41) is 7.45. The van der Waals surface area contributed by atoms with Crippen LogP contribution in [0.3, 0.4) is 0 Å². The fourth-order valence-electron chi connectivity index (χ4n) is 2.82. The minimum atomic E-state index is -0.348. The van der Waals surface area contributed by atoms with Gasteiger partial charge in [0.05, 0.1) is 22.8 Å². The van der Waals surface area contributed by atoms with Gasteiger partial charge in [-0.15, -0.1) is 0 Å². The standard InChI is InChI=1S/C17H18Cl2N4O2/c1-22-8-11(6-21-22)4-12-9-23(10-12)16(24)7-20-17(25)13-2-3-14(18)15(19)5-13/h2-3,5-6,8,12H,4,7,9-10H2,1H3,(H,20,25). The lowest BCUT2D eigenvalue weighted by Gasteiger charge is -2.39. The fourth-order valence-corrected chi connectivity index (χ4v) is 3.12. The molecule has 0 aliphatic carbocycles. The summed E-state index contributed by atoms with van der Waals surface area (Å²) in [5.74, 6) is 0.00844. The number of aromatic nitrogens is 2. The highest BCUT2D eigenvalue weighted by Gasteiger charge is 2.30. The molecule has 6 nitrogen and oxygen atoms in total. The second kappa shape index (κ2) is 7.45. The van der Waals surface area contributed by atoms with E-state index in [2.05, 4.69) is 10.4 Å². The van der Waals surface area contributed by atoms with E-state index in [-0.39, 0.29) is 18.4 Å². The Morgan fingerprint density at radius 1 is 1.28 bits per heavy atom. The second-order valence-electron chi connectivity index (χ2n) is 6.20. The number of hydrogen-bond acceptors (Lipinski definition) is 3. The van der Waals surface area contributed by atoms with E-state index in [4.69, 9.17) is 23.2 Å². The number of aryl methyl sites for hydroxylation is 1. The molecule has 132 valence electrons. The molecule has 0 atom stereocenters. The summed E-state index contributed by atoms with van der Waals surface area (Å²) in [4.78, 5) is 25.9. The predicted octanol–water partition coefficient (Wildman–Crippen LogP) is 2.16. The first-order valence-electron chi connectivity index (χ1n) is 7.91. The quantitative estimate of drug-likeness (QED) is 0.863. The Hall–Kier alpha value is -2.05. The van der Waals surface area contributed by atoms with Crippen molar-refractivity contribution in [3.63, 3.8) is 0 Å². The number of rotatable bonds is 5. The van der Waals surface area contributed by atoms with Crippen LogP contribution in [0.25, 0.3) is 0 Å². The number of amides is 2. The molecular formula is C17H18Cl2N4O2. The highest BCUT2D eigenvalue weighted by molar-refractivity contribution is 6.42. The molecule has 2 amide bonds. The first-order chi connectivity index (χ1) is 11.9.